The molecule has 0 bridgehead atoms. The highest BCUT2D eigenvalue weighted by Crippen LogP contribution is 2.40. The summed E-state index contributed by atoms with van der Waals surface area (Å²) in [5.74, 6) is 6.31. The number of carbonyl (C=O) groups is 2. The van der Waals surface area contributed by atoms with Crippen LogP contribution in [0, 0.1) is 5.82 Å². The first-order valence-corrected chi connectivity index (χ1v) is 12.7. The fraction of sp³-hybridized carbons (Fsp3) is 0.357. The number of nitrogens with two attached hydrogens (primary N) is 1. The predicted octanol–water partition coefficient (Wildman–Crippen LogP) is 4.18. The van der Waals surface area contributed by atoms with Crippen molar-refractivity contribution in [2.45, 2.75) is 45.2 Å². The molecule has 8 nitrogen and oxygen atoms in total. The van der Waals surface area contributed by atoms with Crippen LogP contribution in [0.4, 0.5) is 20.6 Å². The molecule has 0 spiro atoms. The molecule has 0 saturated carbocycles. The topological polar surface area (TPSA) is 91.1 Å². The number of fused-ring (bicyclic) bond motifs is 1. The molecule has 1 fully saturated rings. The van der Waals surface area contributed by atoms with E-state index < -0.39 is 11.9 Å². The lowest BCUT2D eigenvalue weighted by Gasteiger charge is -2.40. The van der Waals surface area contributed by atoms with Crippen molar-refractivity contribution < 1.29 is 18.7 Å². The molecule has 3 aliphatic rings. The Bertz CT molecular complexity index is 1250. The number of anilines is 2. The third kappa shape index (κ3) is 4.97. The Hall–Kier alpha value is -3.69. The van der Waals surface area contributed by atoms with Crippen molar-refractivity contribution in [1.82, 2.24) is 10.3 Å². The summed E-state index contributed by atoms with van der Waals surface area (Å²) in [5.41, 5.74) is 4.20. The summed E-state index contributed by atoms with van der Waals surface area (Å²) in [6.07, 6.45) is 6.47. The van der Waals surface area contributed by atoms with Crippen LogP contribution in [0.2, 0.25) is 0 Å². The fourth-order valence-electron chi connectivity index (χ4n) is 5.14. The predicted molar refractivity (Wildman–Crippen MR) is 141 cm³/mol. The molecular weight excluding hydrogens is 473 g/mol. The highest BCUT2D eigenvalue weighted by atomic mass is 19.1. The van der Waals surface area contributed by atoms with Gasteiger partial charge in [-0.15, -0.1) is 0 Å². The first-order chi connectivity index (χ1) is 17.8. The number of carbonyl (C=O) groups excluding carboxylic acids is 2. The van der Waals surface area contributed by atoms with Gasteiger partial charge in [0.2, 0.25) is 5.91 Å². The van der Waals surface area contributed by atoms with Crippen LogP contribution >= 0.6 is 0 Å². The van der Waals surface area contributed by atoms with Crippen LogP contribution in [0.1, 0.15) is 38.7 Å². The molecule has 1 aliphatic carbocycles. The number of nitrogens with zero attached hydrogens (tertiary/aromatic N) is 3. The van der Waals surface area contributed by atoms with E-state index in [4.69, 9.17) is 10.6 Å². The SMILES string of the molecule is CC(=O)N1c2ccc(C3=C(N(N)C4CNC4)CCCC=C3)cc2N(C(=O)Oc2ccc(F)cc2)C[C@@H]1C. The van der Waals surface area contributed by atoms with Gasteiger partial charge in [-0.25, -0.2) is 15.0 Å². The molecule has 1 saturated heterocycles. The minimum Gasteiger partial charge on any atom is -0.410 e. The third-order valence-corrected chi connectivity index (χ3v) is 7.15. The van der Waals surface area contributed by atoms with Crippen LogP contribution in [0.25, 0.3) is 5.57 Å². The molecule has 2 heterocycles. The van der Waals surface area contributed by atoms with E-state index in [-0.39, 0.29) is 30.3 Å². The van der Waals surface area contributed by atoms with Gasteiger partial charge in [0.05, 0.1) is 23.5 Å². The van der Waals surface area contributed by atoms with Gasteiger partial charge in [0.25, 0.3) is 0 Å². The van der Waals surface area contributed by atoms with Crippen molar-refractivity contribution in [2.24, 2.45) is 5.84 Å². The van der Waals surface area contributed by atoms with Gasteiger partial charge in [-0.05, 0) is 68.1 Å². The Labute approximate surface area is 216 Å². The van der Waals surface area contributed by atoms with Gasteiger partial charge in [0.15, 0.2) is 0 Å². The van der Waals surface area contributed by atoms with Crippen molar-refractivity contribution in [2.75, 3.05) is 29.4 Å². The molecule has 2 aromatic rings. The number of benzene rings is 2. The van der Waals surface area contributed by atoms with Gasteiger partial charge in [-0.3, -0.25) is 9.69 Å². The molecule has 1 atom stereocenters. The van der Waals surface area contributed by atoms with Crippen LogP contribution in [0.5, 0.6) is 5.75 Å². The number of ether oxygens (including phenoxy) is 1. The Morgan fingerprint density at radius 2 is 1.89 bits per heavy atom. The highest BCUT2D eigenvalue weighted by Gasteiger charge is 2.35. The zero-order valence-electron chi connectivity index (χ0n) is 21.1. The maximum atomic E-state index is 13.3. The second-order valence-electron chi connectivity index (χ2n) is 9.75. The summed E-state index contributed by atoms with van der Waals surface area (Å²) in [6.45, 7) is 5.36. The molecule has 0 radical (unpaired) electrons. The Balaban J connectivity index is 1.56. The molecular formula is C28H32FN5O3. The number of hydrogen-bond acceptors (Lipinski definition) is 6. The Kier molecular flexibility index (Phi) is 6.99. The maximum absolute atomic E-state index is 13.3. The minimum atomic E-state index is -0.591. The van der Waals surface area contributed by atoms with E-state index in [2.05, 4.69) is 17.5 Å². The third-order valence-electron chi connectivity index (χ3n) is 7.15. The highest BCUT2D eigenvalue weighted by molar-refractivity contribution is 6.03. The summed E-state index contributed by atoms with van der Waals surface area (Å²) in [6, 6.07) is 11.1. The number of hydrogen-bond donors (Lipinski definition) is 2. The number of rotatable bonds is 4. The smallest absolute Gasteiger partial charge is 0.410 e. The summed E-state index contributed by atoms with van der Waals surface area (Å²) < 4.78 is 18.9. The molecule has 3 N–H and O–H groups in total. The first-order valence-electron chi connectivity index (χ1n) is 12.7. The fourth-order valence-corrected chi connectivity index (χ4v) is 5.14. The molecule has 2 aliphatic heterocycles. The molecule has 37 heavy (non-hydrogen) atoms. The number of halogens is 1. The van der Waals surface area contributed by atoms with Crippen molar-refractivity contribution >= 4 is 28.9 Å². The quantitative estimate of drug-likeness (QED) is 0.479. The average molecular weight is 506 g/mol. The normalized spacial score (nSPS) is 19.7. The standard InChI is InChI=1S/C28H32FN5O3/c1-18-17-32(28(36)37-23-11-9-21(29)10-12-23)27-14-20(8-13-26(27)33(18)19(2)35)24-6-4-3-5-7-25(24)34(30)22-15-31-16-22/h4,6,8-14,18,22,31H,3,5,7,15-17,30H2,1-2H3/t18-/m0/s1. The summed E-state index contributed by atoms with van der Waals surface area (Å²) >= 11 is 0. The van der Waals surface area contributed by atoms with Gasteiger partial charge in [-0.2, -0.15) is 0 Å². The summed E-state index contributed by atoms with van der Waals surface area (Å²) in [5, 5.41) is 5.15. The Morgan fingerprint density at radius 1 is 1.14 bits per heavy atom. The van der Waals surface area contributed by atoms with Crippen LogP contribution in [-0.4, -0.2) is 48.7 Å². The van der Waals surface area contributed by atoms with Crippen molar-refractivity contribution in [3.05, 3.63) is 71.7 Å². The molecule has 5 rings (SSSR count). The molecule has 2 aromatic carbocycles. The minimum absolute atomic E-state index is 0.104. The molecule has 9 heteroatoms. The van der Waals surface area contributed by atoms with E-state index >= 15 is 0 Å². The van der Waals surface area contributed by atoms with Gasteiger partial charge in [-0.1, -0.05) is 18.2 Å². The lowest BCUT2D eigenvalue weighted by molar-refractivity contribution is -0.117. The Morgan fingerprint density at radius 3 is 2.57 bits per heavy atom. The van der Waals surface area contributed by atoms with E-state index in [0.29, 0.717) is 11.4 Å². The number of amides is 2. The van der Waals surface area contributed by atoms with E-state index in [1.165, 1.54) is 31.2 Å². The van der Waals surface area contributed by atoms with Crippen molar-refractivity contribution in [3.8, 4) is 5.75 Å². The largest absolute Gasteiger partial charge is 0.419 e. The molecule has 194 valence electrons. The zero-order chi connectivity index (χ0) is 26.1. The van der Waals surface area contributed by atoms with E-state index in [1.54, 1.807) is 9.80 Å². The van der Waals surface area contributed by atoms with Crippen LogP contribution in [0.3, 0.4) is 0 Å². The van der Waals surface area contributed by atoms with Crippen molar-refractivity contribution in [3.63, 3.8) is 0 Å². The van der Waals surface area contributed by atoms with E-state index in [1.807, 2.05) is 30.1 Å². The number of nitrogens with one attached hydrogen (secondary N) is 1. The second kappa shape index (κ2) is 10.4. The molecule has 0 aromatic heterocycles. The van der Waals surface area contributed by atoms with Crippen LogP contribution in [-0.2, 0) is 4.79 Å². The molecule has 2 amide bonds. The second-order valence-corrected chi connectivity index (χ2v) is 9.75. The number of hydrazine groups is 1. The van der Waals surface area contributed by atoms with Gasteiger partial charge in [0, 0.05) is 37.8 Å². The lowest BCUT2D eigenvalue weighted by atomic mass is 9.97. The van der Waals surface area contributed by atoms with Gasteiger partial charge in [0.1, 0.15) is 11.6 Å². The maximum Gasteiger partial charge on any atom is 0.419 e. The van der Waals surface area contributed by atoms with Gasteiger partial charge >= 0.3 is 6.09 Å². The van der Waals surface area contributed by atoms with Crippen LogP contribution in [0.15, 0.2) is 60.3 Å². The lowest BCUT2D eigenvalue weighted by Crippen LogP contribution is -2.59. The van der Waals surface area contributed by atoms with E-state index in [0.717, 1.165) is 49.2 Å². The summed E-state index contributed by atoms with van der Waals surface area (Å²) in [4.78, 5) is 29.1. The molecule has 0 unspecified atom stereocenters. The average Bonchev–Trinajstić information content (AvgIpc) is 3.09. The van der Waals surface area contributed by atoms with E-state index in [9.17, 15) is 14.0 Å². The monoisotopic (exact) mass is 505 g/mol. The van der Waals surface area contributed by atoms with Gasteiger partial charge < -0.3 is 20.0 Å². The zero-order valence-corrected chi connectivity index (χ0v) is 21.1. The summed E-state index contributed by atoms with van der Waals surface area (Å²) in [7, 11) is 0. The van der Waals surface area contributed by atoms with Crippen LogP contribution < -0.4 is 25.7 Å². The number of allylic oxidation sites excluding steroid dienone is 4. The van der Waals surface area contributed by atoms with Crippen molar-refractivity contribution in [1.29, 1.82) is 0 Å². The first kappa shape index (κ1) is 25.0.